The number of fused-ring (bicyclic) bond motifs is 1. The molecule has 0 bridgehead atoms. The van der Waals surface area contributed by atoms with Gasteiger partial charge in [0.05, 0.1) is 24.3 Å². The van der Waals surface area contributed by atoms with E-state index >= 15 is 0 Å². The number of rotatable bonds is 6. The van der Waals surface area contributed by atoms with Gasteiger partial charge in [0.2, 0.25) is 0 Å². The maximum Gasteiger partial charge on any atom is 0.335 e. The van der Waals surface area contributed by atoms with E-state index in [4.69, 9.17) is 25.2 Å². The Kier molecular flexibility index (Phi) is 7.72. The molecule has 4 N–H and O–H groups in total. The first-order valence-electron chi connectivity index (χ1n) is 9.09. The Labute approximate surface area is 171 Å². The van der Waals surface area contributed by atoms with Gasteiger partial charge in [0.25, 0.3) is 5.91 Å². The van der Waals surface area contributed by atoms with Crippen molar-refractivity contribution in [3.63, 3.8) is 0 Å². The van der Waals surface area contributed by atoms with E-state index in [1.807, 2.05) is 16.3 Å². The second-order valence-corrected chi connectivity index (χ2v) is 8.12. The Morgan fingerprint density at radius 2 is 1.69 bits per heavy atom. The van der Waals surface area contributed by atoms with Crippen molar-refractivity contribution < 1.29 is 39.5 Å². The third-order valence-corrected chi connectivity index (χ3v) is 6.15. The average Bonchev–Trinajstić information content (AvgIpc) is 3.24. The first kappa shape index (κ1) is 23.2. The van der Waals surface area contributed by atoms with E-state index in [2.05, 4.69) is 18.7 Å². The zero-order valence-electron chi connectivity index (χ0n) is 16.3. The number of thiophene rings is 1. The van der Waals surface area contributed by atoms with Crippen LogP contribution in [-0.4, -0.2) is 99.7 Å². The zero-order valence-corrected chi connectivity index (χ0v) is 17.1. The van der Waals surface area contributed by atoms with Crippen LogP contribution in [-0.2, 0) is 19.9 Å². The number of aliphatic hydroxyl groups excluding tert-OH is 2. The molecule has 1 aromatic heterocycles. The zero-order chi connectivity index (χ0) is 21.8. The Bertz CT molecular complexity index is 726. The number of carbonyl (C=O) groups excluding carboxylic acids is 1. The van der Waals surface area contributed by atoms with E-state index in [-0.39, 0.29) is 11.4 Å². The molecule has 2 aliphatic rings. The molecule has 2 aliphatic heterocycles. The summed E-state index contributed by atoms with van der Waals surface area (Å²) in [4.78, 5) is 37.6. The summed E-state index contributed by atoms with van der Waals surface area (Å²) in [6.07, 6.45) is -4.53. The molecule has 0 saturated carbocycles. The highest BCUT2D eigenvalue weighted by atomic mass is 32.1. The number of hydrogen-bond donors (Lipinski definition) is 4. The van der Waals surface area contributed by atoms with Crippen LogP contribution in [0.4, 0.5) is 0 Å². The van der Waals surface area contributed by atoms with Gasteiger partial charge in [-0.15, -0.1) is 11.3 Å². The van der Waals surface area contributed by atoms with Crippen LogP contribution in [0.1, 0.15) is 29.1 Å². The standard InChI is InChI=1S/C14H20N2O2S.C4H6O6/c1-14(2)12-11(3-10-19-12)13(17)16(14)5-4-15-6-8-18-9-7-15;5-1(3(7)8)2(6)4(9)10/h3,10H,4-9H2,1-2H3;1-2,5-6H,(H,7,8)(H,9,10)/t;1-,2-/m.1/s1. The molecule has 0 spiro atoms. The monoisotopic (exact) mass is 430 g/mol. The average molecular weight is 430 g/mol. The molecule has 3 rings (SSSR count). The van der Waals surface area contributed by atoms with Crippen molar-refractivity contribution in [2.45, 2.75) is 31.6 Å². The van der Waals surface area contributed by atoms with Gasteiger partial charge < -0.3 is 30.1 Å². The summed E-state index contributed by atoms with van der Waals surface area (Å²) in [7, 11) is 0. The second kappa shape index (κ2) is 9.63. The van der Waals surface area contributed by atoms with Crippen LogP contribution in [0, 0.1) is 0 Å². The lowest BCUT2D eigenvalue weighted by atomic mass is 10.0. The van der Waals surface area contributed by atoms with Gasteiger partial charge in [-0.3, -0.25) is 9.69 Å². The van der Waals surface area contributed by atoms with Gasteiger partial charge in [0.1, 0.15) is 0 Å². The maximum atomic E-state index is 12.4. The minimum Gasteiger partial charge on any atom is -0.479 e. The van der Waals surface area contributed by atoms with Gasteiger partial charge in [-0.1, -0.05) is 0 Å². The molecule has 0 aromatic carbocycles. The number of carboxylic acids is 2. The lowest BCUT2D eigenvalue weighted by Gasteiger charge is -2.35. The number of amides is 1. The molecular weight excluding hydrogens is 404 g/mol. The molecule has 29 heavy (non-hydrogen) atoms. The molecule has 1 amide bonds. The molecule has 1 aromatic rings. The van der Waals surface area contributed by atoms with Gasteiger partial charge in [-0.2, -0.15) is 0 Å². The van der Waals surface area contributed by atoms with Crippen LogP contribution >= 0.6 is 11.3 Å². The fraction of sp³-hybridized carbons (Fsp3) is 0.611. The van der Waals surface area contributed by atoms with Crippen LogP contribution in [0.15, 0.2) is 11.4 Å². The summed E-state index contributed by atoms with van der Waals surface area (Å²) in [5.74, 6) is -3.35. The summed E-state index contributed by atoms with van der Waals surface area (Å²) in [6.45, 7) is 9.60. The van der Waals surface area contributed by atoms with Gasteiger partial charge in [0.15, 0.2) is 12.2 Å². The highest BCUT2D eigenvalue weighted by Crippen LogP contribution is 2.41. The fourth-order valence-electron chi connectivity index (χ4n) is 3.19. The SMILES string of the molecule is CC1(C)c2sccc2C(=O)N1CCN1CCOCC1.O=C(O)[C@H](O)[C@@H](O)C(=O)O. The molecule has 0 radical (unpaired) electrons. The van der Waals surface area contributed by atoms with Crippen LogP contribution in [0.5, 0.6) is 0 Å². The number of aliphatic carboxylic acids is 2. The van der Waals surface area contributed by atoms with Gasteiger partial charge in [-0.05, 0) is 25.3 Å². The van der Waals surface area contributed by atoms with E-state index in [0.29, 0.717) is 0 Å². The van der Waals surface area contributed by atoms with Crippen LogP contribution < -0.4 is 0 Å². The van der Waals surface area contributed by atoms with E-state index < -0.39 is 24.1 Å². The third kappa shape index (κ3) is 5.31. The van der Waals surface area contributed by atoms with E-state index in [9.17, 15) is 14.4 Å². The molecule has 2 atom stereocenters. The summed E-state index contributed by atoms with van der Waals surface area (Å²) in [5.41, 5.74) is 0.740. The van der Waals surface area contributed by atoms with Gasteiger partial charge in [-0.25, -0.2) is 9.59 Å². The maximum absolute atomic E-state index is 12.4. The number of carbonyl (C=O) groups is 3. The van der Waals surface area contributed by atoms with Crippen LogP contribution in [0.25, 0.3) is 0 Å². The van der Waals surface area contributed by atoms with Crippen molar-refractivity contribution in [2.75, 3.05) is 39.4 Å². The predicted molar refractivity (Wildman–Crippen MR) is 103 cm³/mol. The lowest BCUT2D eigenvalue weighted by molar-refractivity contribution is -0.165. The summed E-state index contributed by atoms with van der Waals surface area (Å²) >= 11 is 1.69. The number of ether oxygens (including phenoxy) is 1. The molecule has 1 saturated heterocycles. The summed E-state index contributed by atoms with van der Waals surface area (Å²) < 4.78 is 5.35. The highest BCUT2D eigenvalue weighted by molar-refractivity contribution is 7.10. The number of morpholine rings is 1. The van der Waals surface area contributed by atoms with Gasteiger partial charge in [0, 0.05) is 31.1 Å². The third-order valence-electron chi connectivity index (χ3n) is 4.92. The van der Waals surface area contributed by atoms with Crippen molar-refractivity contribution in [3.05, 3.63) is 21.9 Å². The second-order valence-electron chi connectivity index (χ2n) is 7.20. The topological polar surface area (TPSA) is 148 Å². The fourth-order valence-corrected chi connectivity index (χ4v) is 4.21. The predicted octanol–water partition coefficient (Wildman–Crippen LogP) is -0.351. The number of aliphatic hydroxyl groups is 2. The molecule has 10 nitrogen and oxygen atoms in total. The molecule has 3 heterocycles. The Hall–Kier alpha value is -2.05. The quantitative estimate of drug-likeness (QED) is 0.475. The number of hydrogen-bond acceptors (Lipinski definition) is 8. The van der Waals surface area contributed by atoms with Crippen molar-refractivity contribution in [3.8, 4) is 0 Å². The van der Waals surface area contributed by atoms with Crippen molar-refractivity contribution in [2.24, 2.45) is 0 Å². The number of carboxylic acid groups (broad SMARTS) is 2. The minimum atomic E-state index is -2.27. The Morgan fingerprint density at radius 1 is 1.14 bits per heavy atom. The first-order valence-corrected chi connectivity index (χ1v) is 9.97. The van der Waals surface area contributed by atoms with Crippen LogP contribution in [0.3, 0.4) is 0 Å². The Balaban J connectivity index is 0.000000257. The van der Waals surface area contributed by atoms with Gasteiger partial charge >= 0.3 is 11.9 Å². The van der Waals surface area contributed by atoms with Crippen molar-refractivity contribution >= 4 is 29.2 Å². The molecule has 11 heteroatoms. The molecular formula is C18H26N2O8S. The summed E-state index contributed by atoms with van der Waals surface area (Å²) in [5, 5.41) is 34.5. The minimum absolute atomic E-state index is 0.160. The first-order chi connectivity index (χ1) is 13.6. The molecule has 0 aliphatic carbocycles. The van der Waals surface area contributed by atoms with Crippen molar-refractivity contribution in [1.82, 2.24) is 9.80 Å². The van der Waals surface area contributed by atoms with E-state index in [1.54, 1.807) is 11.3 Å². The highest BCUT2D eigenvalue weighted by Gasteiger charge is 2.43. The largest absolute Gasteiger partial charge is 0.479 e. The molecule has 1 fully saturated rings. The smallest absolute Gasteiger partial charge is 0.335 e. The van der Waals surface area contributed by atoms with E-state index in [0.717, 1.165) is 45.0 Å². The summed E-state index contributed by atoms with van der Waals surface area (Å²) in [6, 6.07) is 1.96. The lowest BCUT2D eigenvalue weighted by Crippen LogP contribution is -2.46. The normalized spacial score (nSPS) is 20.4. The Morgan fingerprint density at radius 3 is 2.17 bits per heavy atom. The molecule has 162 valence electrons. The number of nitrogens with zero attached hydrogens (tertiary/aromatic N) is 2. The van der Waals surface area contributed by atoms with Crippen molar-refractivity contribution in [1.29, 1.82) is 0 Å². The van der Waals surface area contributed by atoms with E-state index in [1.165, 1.54) is 4.88 Å². The van der Waals surface area contributed by atoms with Crippen LogP contribution in [0.2, 0.25) is 0 Å². The molecule has 0 unspecified atom stereocenters.